The van der Waals surface area contributed by atoms with Crippen LogP contribution in [0.25, 0.3) is 0 Å². The molecule has 1 aromatic rings. The van der Waals surface area contributed by atoms with Gasteiger partial charge in [-0.05, 0) is 28.7 Å². The van der Waals surface area contributed by atoms with Gasteiger partial charge in [-0.25, -0.2) is 13.8 Å². The highest BCUT2D eigenvalue weighted by Gasteiger charge is 2.19. The molecule has 0 atom stereocenters. The molecule has 0 saturated carbocycles. The number of carbonyl (C=O) groups is 1. The molecule has 16 heavy (non-hydrogen) atoms. The maximum absolute atomic E-state index is 12.5. The number of ether oxygens (including phenoxy) is 1. The summed E-state index contributed by atoms with van der Waals surface area (Å²) in [5.74, 6) is -1.30. The zero-order chi connectivity index (χ0) is 12.3. The van der Waals surface area contributed by atoms with Crippen LogP contribution in [0.4, 0.5) is 8.78 Å². The van der Waals surface area contributed by atoms with E-state index >= 15 is 0 Å². The Balaban J connectivity index is 3.20. The zero-order valence-corrected chi connectivity index (χ0v) is 10.4. The van der Waals surface area contributed by atoms with Gasteiger partial charge in [-0.1, -0.05) is 0 Å². The minimum atomic E-state index is -2.70. The van der Waals surface area contributed by atoms with Crippen LogP contribution in [-0.4, -0.2) is 23.2 Å². The van der Waals surface area contributed by atoms with E-state index in [0.29, 0.717) is 3.57 Å². The predicted molar refractivity (Wildman–Crippen MR) is 59.8 cm³/mol. The van der Waals surface area contributed by atoms with Crippen molar-refractivity contribution < 1.29 is 23.4 Å². The van der Waals surface area contributed by atoms with Gasteiger partial charge in [-0.3, -0.25) is 4.79 Å². The lowest BCUT2D eigenvalue weighted by Crippen LogP contribution is -2.07. The molecule has 0 aliphatic carbocycles. The Morgan fingerprint density at radius 1 is 1.69 bits per heavy atom. The van der Waals surface area contributed by atoms with Crippen molar-refractivity contribution in [3.63, 3.8) is 0 Å². The molecule has 1 aromatic heterocycles. The summed E-state index contributed by atoms with van der Waals surface area (Å²) in [6, 6.07) is 1.19. The van der Waals surface area contributed by atoms with E-state index in [0.717, 1.165) is 0 Å². The maximum Gasteiger partial charge on any atom is 0.309 e. The Bertz CT molecular complexity index is 412. The molecule has 0 unspecified atom stereocenters. The Hall–Kier alpha value is -0.990. The van der Waals surface area contributed by atoms with E-state index in [1.807, 2.05) is 0 Å². The van der Waals surface area contributed by atoms with Crippen molar-refractivity contribution in [2.24, 2.45) is 0 Å². The van der Waals surface area contributed by atoms with Gasteiger partial charge in [-0.15, -0.1) is 0 Å². The topological polar surface area (TPSA) is 59.4 Å². The van der Waals surface area contributed by atoms with Crippen molar-refractivity contribution in [2.75, 3.05) is 7.11 Å². The lowest BCUT2D eigenvalue weighted by molar-refractivity contribution is -0.136. The van der Waals surface area contributed by atoms with E-state index in [9.17, 15) is 13.6 Å². The van der Waals surface area contributed by atoms with Gasteiger partial charge in [0.2, 0.25) is 5.88 Å². The molecule has 88 valence electrons. The number of carboxylic acid groups (broad SMARTS) is 1. The first-order chi connectivity index (χ1) is 7.45. The number of hydrogen-bond donors (Lipinski definition) is 1. The van der Waals surface area contributed by atoms with E-state index in [1.54, 1.807) is 22.6 Å². The molecule has 0 saturated heterocycles. The smallest absolute Gasteiger partial charge is 0.309 e. The molecule has 1 N–H and O–H groups in total. The van der Waals surface area contributed by atoms with Crippen molar-refractivity contribution >= 4 is 28.6 Å². The molecule has 0 aliphatic rings. The molecule has 0 radical (unpaired) electrons. The summed E-state index contributed by atoms with van der Waals surface area (Å²) in [6.07, 6.45) is -3.02. The van der Waals surface area contributed by atoms with Gasteiger partial charge in [0.15, 0.2) is 0 Å². The van der Waals surface area contributed by atoms with Crippen molar-refractivity contribution in [2.45, 2.75) is 12.8 Å². The van der Waals surface area contributed by atoms with Crippen molar-refractivity contribution in [1.82, 2.24) is 4.98 Å². The van der Waals surface area contributed by atoms with Gasteiger partial charge >= 0.3 is 5.97 Å². The van der Waals surface area contributed by atoms with Gasteiger partial charge in [0, 0.05) is 3.57 Å². The van der Waals surface area contributed by atoms with Crippen molar-refractivity contribution in [1.29, 1.82) is 0 Å². The maximum atomic E-state index is 12.5. The lowest BCUT2D eigenvalue weighted by atomic mass is 10.2. The van der Waals surface area contributed by atoms with E-state index in [4.69, 9.17) is 9.84 Å². The second kappa shape index (κ2) is 5.37. The van der Waals surface area contributed by atoms with Gasteiger partial charge < -0.3 is 9.84 Å². The van der Waals surface area contributed by atoms with Crippen molar-refractivity contribution in [3.8, 4) is 5.88 Å². The molecular formula is C9H8F2INO3. The molecule has 0 amide bonds. The van der Waals surface area contributed by atoms with Gasteiger partial charge in [-0.2, -0.15) is 0 Å². The molecule has 0 aliphatic heterocycles. The molecule has 0 aromatic carbocycles. The summed E-state index contributed by atoms with van der Waals surface area (Å²) in [5, 5.41) is 8.60. The van der Waals surface area contributed by atoms with Crippen LogP contribution in [0.2, 0.25) is 0 Å². The first-order valence-electron chi connectivity index (χ1n) is 4.19. The van der Waals surface area contributed by atoms with Crippen LogP contribution in [-0.2, 0) is 11.2 Å². The number of nitrogens with zero attached hydrogens (tertiary/aromatic N) is 1. The fourth-order valence-corrected chi connectivity index (χ4v) is 1.76. The summed E-state index contributed by atoms with van der Waals surface area (Å²) >= 11 is 1.77. The number of rotatable bonds is 4. The van der Waals surface area contributed by atoms with Crippen LogP contribution < -0.4 is 4.74 Å². The third-order valence-electron chi connectivity index (χ3n) is 1.79. The molecule has 0 fully saturated rings. The first-order valence-corrected chi connectivity index (χ1v) is 5.26. The Labute approximate surface area is 104 Å². The molecule has 1 heterocycles. The van der Waals surface area contributed by atoms with Crippen LogP contribution >= 0.6 is 22.6 Å². The standard InChI is InChI=1S/C9H8F2INO3/c1-16-9-4(8(10)11)2-5(12)6(13-9)3-7(14)15/h2,8H,3H2,1H3,(H,14,15). The number of aromatic nitrogens is 1. The number of pyridine rings is 1. The molecule has 0 bridgehead atoms. The quantitative estimate of drug-likeness (QED) is 0.852. The average molecular weight is 343 g/mol. The number of methoxy groups -OCH3 is 1. The third kappa shape index (κ3) is 3.00. The van der Waals surface area contributed by atoms with E-state index < -0.39 is 12.4 Å². The van der Waals surface area contributed by atoms with Gasteiger partial charge in [0.25, 0.3) is 6.43 Å². The number of carboxylic acids is 1. The largest absolute Gasteiger partial charge is 0.481 e. The zero-order valence-electron chi connectivity index (χ0n) is 8.21. The minimum Gasteiger partial charge on any atom is -0.481 e. The van der Waals surface area contributed by atoms with Gasteiger partial charge in [0.05, 0.1) is 24.8 Å². The second-order valence-corrected chi connectivity index (χ2v) is 4.05. The first kappa shape index (κ1) is 13.1. The summed E-state index contributed by atoms with van der Waals surface area (Å²) in [6.45, 7) is 0. The summed E-state index contributed by atoms with van der Waals surface area (Å²) in [5.41, 5.74) is -0.115. The van der Waals surface area contributed by atoms with Gasteiger partial charge in [0.1, 0.15) is 0 Å². The number of hydrogen-bond acceptors (Lipinski definition) is 3. The summed E-state index contributed by atoms with van der Waals surface area (Å²) in [7, 11) is 1.21. The highest BCUT2D eigenvalue weighted by atomic mass is 127. The fourth-order valence-electron chi connectivity index (χ4n) is 1.11. The monoisotopic (exact) mass is 343 g/mol. The Morgan fingerprint density at radius 2 is 2.31 bits per heavy atom. The Morgan fingerprint density at radius 3 is 2.75 bits per heavy atom. The Kier molecular flexibility index (Phi) is 4.39. The van der Waals surface area contributed by atoms with Crippen molar-refractivity contribution in [3.05, 3.63) is 20.9 Å². The molecule has 4 nitrogen and oxygen atoms in total. The number of halogens is 3. The minimum absolute atomic E-state index is 0.217. The normalized spacial score (nSPS) is 10.6. The van der Waals surface area contributed by atoms with Crippen LogP contribution in [0, 0.1) is 3.57 Å². The van der Waals surface area contributed by atoms with Crippen LogP contribution in [0.5, 0.6) is 5.88 Å². The SMILES string of the molecule is COc1nc(CC(=O)O)c(I)cc1C(F)F. The van der Waals surface area contributed by atoms with Crippen LogP contribution in [0.3, 0.4) is 0 Å². The third-order valence-corrected chi connectivity index (χ3v) is 2.72. The van der Waals surface area contributed by atoms with E-state index in [-0.39, 0.29) is 23.6 Å². The van der Waals surface area contributed by atoms with Crippen LogP contribution in [0.1, 0.15) is 17.7 Å². The highest BCUT2D eigenvalue weighted by molar-refractivity contribution is 14.1. The fraction of sp³-hybridized carbons (Fsp3) is 0.333. The average Bonchev–Trinajstić information content (AvgIpc) is 2.19. The second-order valence-electron chi connectivity index (χ2n) is 2.89. The molecule has 0 spiro atoms. The van der Waals surface area contributed by atoms with E-state index in [2.05, 4.69) is 4.98 Å². The highest BCUT2D eigenvalue weighted by Crippen LogP contribution is 2.29. The molecule has 7 heteroatoms. The predicted octanol–water partition coefficient (Wildman–Crippen LogP) is 2.26. The number of alkyl halides is 2. The van der Waals surface area contributed by atoms with E-state index in [1.165, 1.54) is 13.2 Å². The number of aliphatic carboxylic acids is 1. The van der Waals surface area contributed by atoms with Crippen LogP contribution in [0.15, 0.2) is 6.07 Å². The summed E-state index contributed by atoms with van der Waals surface area (Å²) in [4.78, 5) is 14.3. The summed E-state index contributed by atoms with van der Waals surface area (Å²) < 4.78 is 30.2. The molecular weight excluding hydrogens is 335 g/mol. The lowest BCUT2D eigenvalue weighted by Gasteiger charge is -2.09. The molecule has 1 rings (SSSR count).